The highest BCUT2D eigenvalue weighted by molar-refractivity contribution is 5.32. The van der Waals surface area contributed by atoms with Crippen molar-refractivity contribution in [3.05, 3.63) is 46.8 Å². The van der Waals surface area contributed by atoms with Crippen molar-refractivity contribution in [1.82, 2.24) is 0 Å². The average Bonchev–Trinajstić information content (AvgIpc) is 2.74. The van der Waals surface area contributed by atoms with Crippen LogP contribution in [-0.4, -0.2) is 5.11 Å². The Kier molecular flexibility index (Phi) is 2.87. The Morgan fingerprint density at radius 3 is 2.87 bits per heavy atom. The van der Waals surface area contributed by atoms with Crippen LogP contribution in [0.5, 0.6) is 0 Å². The molecule has 80 valence electrons. The highest BCUT2D eigenvalue weighted by Gasteiger charge is 2.19. The Balaban J connectivity index is 2.32. The van der Waals surface area contributed by atoms with Gasteiger partial charge in [-0.25, -0.2) is 4.39 Å². The normalized spacial score (nSPS) is 17.7. The van der Waals surface area contributed by atoms with Gasteiger partial charge in [0, 0.05) is 5.56 Å². The molecule has 2 rings (SSSR count). The fraction of sp³-hybridized carbons (Fsp3) is 0.385. The maximum Gasteiger partial charge on any atom is 0.132 e. The minimum atomic E-state index is -0.757. The molecule has 1 unspecified atom stereocenters. The molecule has 0 spiro atoms. The molecule has 0 saturated carbocycles. The van der Waals surface area contributed by atoms with Gasteiger partial charge in [-0.2, -0.15) is 0 Å². The van der Waals surface area contributed by atoms with E-state index in [4.69, 9.17) is 0 Å². The topological polar surface area (TPSA) is 20.2 Å². The maximum absolute atomic E-state index is 13.7. The number of hydrogen-bond acceptors (Lipinski definition) is 1. The number of rotatable bonds is 2. The van der Waals surface area contributed by atoms with Crippen LogP contribution < -0.4 is 0 Å². The second-order valence-corrected chi connectivity index (χ2v) is 4.05. The van der Waals surface area contributed by atoms with Gasteiger partial charge in [-0.05, 0) is 37.3 Å². The third-order valence-corrected chi connectivity index (χ3v) is 2.94. The van der Waals surface area contributed by atoms with Crippen LogP contribution in [0.3, 0.4) is 0 Å². The fourth-order valence-electron chi connectivity index (χ4n) is 2.03. The smallest absolute Gasteiger partial charge is 0.132 e. The zero-order valence-electron chi connectivity index (χ0n) is 8.83. The van der Waals surface area contributed by atoms with Crippen molar-refractivity contribution in [2.45, 2.75) is 32.3 Å². The van der Waals surface area contributed by atoms with Gasteiger partial charge in [0.05, 0.1) is 0 Å². The molecule has 0 aromatic heterocycles. The van der Waals surface area contributed by atoms with Crippen LogP contribution in [0.1, 0.15) is 36.5 Å². The number of benzene rings is 1. The van der Waals surface area contributed by atoms with Crippen LogP contribution >= 0.6 is 0 Å². The first-order valence-corrected chi connectivity index (χ1v) is 5.32. The van der Waals surface area contributed by atoms with E-state index in [1.54, 1.807) is 25.1 Å². The van der Waals surface area contributed by atoms with E-state index in [0.717, 1.165) is 24.8 Å². The maximum atomic E-state index is 13.7. The number of hydrogen-bond donors (Lipinski definition) is 1. The molecule has 1 aliphatic rings. The average molecular weight is 206 g/mol. The van der Waals surface area contributed by atoms with Crippen molar-refractivity contribution in [1.29, 1.82) is 0 Å². The molecule has 1 N–H and O–H groups in total. The summed E-state index contributed by atoms with van der Waals surface area (Å²) in [4.78, 5) is 0. The molecule has 0 bridgehead atoms. The van der Waals surface area contributed by atoms with Gasteiger partial charge in [0.1, 0.15) is 11.9 Å². The second kappa shape index (κ2) is 4.15. The minimum absolute atomic E-state index is 0.280. The zero-order valence-corrected chi connectivity index (χ0v) is 8.83. The summed E-state index contributed by atoms with van der Waals surface area (Å²) < 4.78 is 13.7. The molecule has 1 nitrogen and oxygen atoms in total. The predicted molar refractivity (Wildman–Crippen MR) is 58.0 cm³/mol. The van der Waals surface area contributed by atoms with Crippen LogP contribution in [0.4, 0.5) is 4.39 Å². The van der Waals surface area contributed by atoms with E-state index in [2.05, 4.69) is 0 Å². The van der Waals surface area contributed by atoms with Gasteiger partial charge in [-0.3, -0.25) is 0 Å². The van der Waals surface area contributed by atoms with E-state index in [0.29, 0.717) is 11.1 Å². The van der Waals surface area contributed by atoms with Gasteiger partial charge in [-0.1, -0.05) is 24.3 Å². The summed E-state index contributed by atoms with van der Waals surface area (Å²) >= 11 is 0. The number of aliphatic hydroxyl groups excluding tert-OH is 1. The summed E-state index contributed by atoms with van der Waals surface area (Å²) in [5.41, 5.74) is 1.95. The van der Waals surface area contributed by atoms with Crippen LogP contribution in [0, 0.1) is 12.7 Å². The fourth-order valence-corrected chi connectivity index (χ4v) is 2.03. The Bertz CT molecular complexity index is 396. The van der Waals surface area contributed by atoms with E-state index in [-0.39, 0.29) is 5.82 Å². The molecular formula is C13H15FO. The molecule has 1 aromatic carbocycles. The van der Waals surface area contributed by atoms with Crippen molar-refractivity contribution in [2.24, 2.45) is 0 Å². The molecule has 1 atom stereocenters. The van der Waals surface area contributed by atoms with E-state index in [9.17, 15) is 9.50 Å². The van der Waals surface area contributed by atoms with Crippen molar-refractivity contribution in [3.63, 3.8) is 0 Å². The van der Waals surface area contributed by atoms with Gasteiger partial charge >= 0.3 is 0 Å². The molecule has 2 heteroatoms. The predicted octanol–water partition coefficient (Wildman–Crippen LogP) is 3.28. The van der Waals surface area contributed by atoms with Gasteiger partial charge in [0.2, 0.25) is 0 Å². The summed E-state index contributed by atoms with van der Waals surface area (Å²) in [7, 11) is 0. The molecule has 0 aliphatic heterocycles. The first kappa shape index (κ1) is 10.4. The molecule has 1 aromatic rings. The second-order valence-electron chi connectivity index (χ2n) is 4.05. The van der Waals surface area contributed by atoms with Crippen molar-refractivity contribution in [2.75, 3.05) is 0 Å². The third kappa shape index (κ3) is 1.95. The quantitative estimate of drug-likeness (QED) is 0.736. The Morgan fingerprint density at radius 2 is 2.20 bits per heavy atom. The largest absolute Gasteiger partial charge is 0.384 e. The first-order valence-electron chi connectivity index (χ1n) is 5.32. The summed E-state index contributed by atoms with van der Waals surface area (Å²) in [6.45, 7) is 1.72. The number of allylic oxidation sites excluding steroid dienone is 1. The van der Waals surface area contributed by atoms with Crippen LogP contribution in [0.15, 0.2) is 29.8 Å². The molecule has 0 heterocycles. The summed E-state index contributed by atoms with van der Waals surface area (Å²) in [6, 6.07) is 5.16. The zero-order chi connectivity index (χ0) is 10.8. The summed E-state index contributed by atoms with van der Waals surface area (Å²) in [6.07, 6.45) is 4.22. The standard InChI is InChI=1S/C13H15FO/c1-9-5-4-8-11(12(9)14)13(15)10-6-2-3-7-10/h4-6,8,13,15H,2-3,7H2,1H3. The number of aliphatic hydroxyl groups is 1. The molecule has 1 aliphatic carbocycles. The Morgan fingerprint density at radius 1 is 1.40 bits per heavy atom. The lowest BCUT2D eigenvalue weighted by Crippen LogP contribution is -2.03. The molecule has 15 heavy (non-hydrogen) atoms. The summed E-state index contributed by atoms with van der Waals surface area (Å²) in [5.74, 6) is -0.280. The highest BCUT2D eigenvalue weighted by atomic mass is 19.1. The minimum Gasteiger partial charge on any atom is -0.384 e. The summed E-state index contributed by atoms with van der Waals surface area (Å²) in [5, 5.41) is 10.0. The lowest BCUT2D eigenvalue weighted by molar-refractivity contribution is 0.207. The van der Waals surface area contributed by atoms with Crippen LogP contribution in [-0.2, 0) is 0 Å². The lowest BCUT2D eigenvalue weighted by Gasteiger charge is -2.14. The third-order valence-electron chi connectivity index (χ3n) is 2.94. The van der Waals surface area contributed by atoms with Gasteiger partial charge in [0.25, 0.3) is 0 Å². The molecular weight excluding hydrogens is 191 g/mol. The highest BCUT2D eigenvalue weighted by Crippen LogP contribution is 2.32. The van der Waals surface area contributed by atoms with Gasteiger partial charge in [-0.15, -0.1) is 0 Å². The van der Waals surface area contributed by atoms with E-state index in [1.165, 1.54) is 0 Å². The van der Waals surface area contributed by atoms with Crippen LogP contribution in [0.25, 0.3) is 0 Å². The number of halogens is 1. The monoisotopic (exact) mass is 206 g/mol. The molecule has 0 fully saturated rings. The van der Waals surface area contributed by atoms with Crippen molar-refractivity contribution in [3.8, 4) is 0 Å². The molecule has 0 amide bonds. The van der Waals surface area contributed by atoms with Crippen molar-refractivity contribution >= 4 is 0 Å². The first-order chi connectivity index (χ1) is 7.20. The lowest BCUT2D eigenvalue weighted by atomic mass is 9.99. The van der Waals surface area contributed by atoms with Gasteiger partial charge < -0.3 is 5.11 Å². The van der Waals surface area contributed by atoms with E-state index in [1.807, 2.05) is 6.08 Å². The van der Waals surface area contributed by atoms with Gasteiger partial charge in [0.15, 0.2) is 0 Å². The van der Waals surface area contributed by atoms with Crippen LogP contribution in [0.2, 0.25) is 0 Å². The SMILES string of the molecule is Cc1cccc(C(O)C2=CCCC2)c1F. The van der Waals surface area contributed by atoms with E-state index < -0.39 is 6.10 Å². The molecule has 0 radical (unpaired) electrons. The Hall–Kier alpha value is -1.15. The van der Waals surface area contributed by atoms with Crippen molar-refractivity contribution < 1.29 is 9.50 Å². The Labute approximate surface area is 89.3 Å². The molecule has 0 saturated heterocycles. The van der Waals surface area contributed by atoms with E-state index >= 15 is 0 Å². The number of aryl methyl sites for hydroxylation is 1.